The van der Waals surface area contributed by atoms with Gasteiger partial charge in [-0.05, 0) is 106 Å². The number of piperidine rings is 1. The quantitative estimate of drug-likeness (QED) is 0.306. The van der Waals surface area contributed by atoms with Crippen molar-refractivity contribution in [1.82, 2.24) is 10.3 Å². The Balaban J connectivity index is 1.18. The van der Waals surface area contributed by atoms with Crippen LogP contribution >= 0.6 is 0 Å². The van der Waals surface area contributed by atoms with Crippen LogP contribution in [0.1, 0.15) is 39.3 Å². The first kappa shape index (κ1) is 24.3. The molecule has 1 aromatic heterocycles. The molecular weight excluding hydrogens is 466 g/mol. The number of aromatic nitrogens is 1. The zero-order chi connectivity index (χ0) is 25.8. The smallest absolute Gasteiger partial charge is 0.255 e. The molecule has 0 saturated carbocycles. The van der Waals surface area contributed by atoms with Gasteiger partial charge in [0.2, 0.25) is 0 Å². The Morgan fingerprint density at radius 2 is 1.46 bits per heavy atom. The number of anilines is 3. The summed E-state index contributed by atoms with van der Waals surface area (Å²) in [5.74, 6) is 0.289. The lowest BCUT2D eigenvalue weighted by Gasteiger charge is -2.23. The van der Waals surface area contributed by atoms with Crippen LogP contribution in [-0.2, 0) is 0 Å². The van der Waals surface area contributed by atoms with Crippen LogP contribution in [0.3, 0.4) is 0 Å². The molecule has 5 N–H and O–H groups in total. The Kier molecular flexibility index (Phi) is 7.00. The first-order chi connectivity index (χ1) is 17.9. The SMILES string of the molecule is Cc1cc(N)c2cc(C(=O)Nc3ccc(NC(=O)c4ccc(OC5CCNCC5)cc4)cc3)ccc2n1. The molecule has 0 aliphatic carbocycles. The average molecular weight is 496 g/mol. The highest BCUT2D eigenvalue weighted by atomic mass is 16.5. The molecule has 0 bridgehead atoms. The third-order valence-corrected chi connectivity index (χ3v) is 6.34. The minimum atomic E-state index is -0.259. The van der Waals surface area contributed by atoms with Gasteiger partial charge < -0.3 is 26.4 Å². The highest BCUT2D eigenvalue weighted by molar-refractivity contribution is 6.08. The number of nitrogens with zero attached hydrogens (tertiary/aromatic N) is 1. The van der Waals surface area contributed by atoms with E-state index in [1.165, 1.54) is 0 Å². The number of carbonyl (C=O) groups is 2. The minimum absolute atomic E-state index is 0.209. The zero-order valence-corrected chi connectivity index (χ0v) is 20.6. The molecule has 8 nitrogen and oxygen atoms in total. The van der Waals surface area contributed by atoms with Gasteiger partial charge in [0.25, 0.3) is 11.8 Å². The van der Waals surface area contributed by atoms with Crippen LogP contribution in [0.15, 0.2) is 72.8 Å². The van der Waals surface area contributed by atoms with E-state index in [4.69, 9.17) is 10.5 Å². The van der Waals surface area contributed by atoms with Gasteiger partial charge in [0.15, 0.2) is 0 Å². The summed E-state index contributed by atoms with van der Waals surface area (Å²) in [6.07, 6.45) is 2.17. The van der Waals surface area contributed by atoms with E-state index in [0.717, 1.165) is 48.3 Å². The Morgan fingerprint density at radius 1 is 0.865 bits per heavy atom. The van der Waals surface area contributed by atoms with Crippen molar-refractivity contribution < 1.29 is 14.3 Å². The van der Waals surface area contributed by atoms with Crippen LogP contribution in [0.25, 0.3) is 10.9 Å². The van der Waals surface area contributed by atoms with Gasteiger partial charge in [-0.2, -0.15) is 0 Å². The van der Waals surface area contributed by atoms with Gasteiger partial charge in [-0.25, -0.2) is 0 Å². The molecule has 3 aromatic carbocycles. The summed E-state index contributed by atoms with van der Waals surface area (Å²) in [5, 5.41) is 9.81. The summed E-state index contributed by atoms with van der Waals surface area (Å²) in [5.41, 5.74) is 10.5. The molecule has 5 rings (SSSR count). The van der Waals surface area contributed by atoms with Gasteiger partial charge in [0.05, 0.1) is 5.52 Å². The molecule has 2 heterocycles. The van der Waals surface area contributed by atoms with Gasteiger partial charge >= 0.3 is 0 Å². The molecule has 1 fully saturated rings. The Morgan fingerprint density at radius 3 is 2.11 bits per heavy atom. The number of nitrogen functional groups attached to an aromatic ring is 1. The highest BCUT2D eigenvalue weighted by Gasteiger charge is 2.15. The predicted molar refractivity (Wildman–Crippen MR) is 146 cm³/mol. The van der Waals surface area contributed by atoms with Crippen molar-refractivity contribution in [2.75, 3.05) is 29.5 Å². The number of nitrogens with two attached hydrogens (primary N) is 1. The third kappa shape index (κ3) is 5.87. The standard InChI is InChI=1S/C29H29N5O3/c1-18-16-26(30)25-17-20(4-11-27(25)32-18)29(36)34-22-7-5-21(6-8-22)33-28(35)19-2-9-23(10-3-19)37-24-12-14-31-15-13-24/h2-11,16-17,24,31H,12-15H2,1H3,(H2,30,32)(H,33,35)(H,34,36). The first-order valence-electron chi connectivity index (χ1n) is 12.3. The summed E-state index contributed by atoms with van der Waals surface area (Å²) < 4.78 is 6.00. The molecule has 1 aliphatic heterocycles. The Hall–Kier alpha value is -4.43. The molecule has 0 atom stereocenters. The van der Waals surface area contributed by atoms with Crippen molar-refractivity contribution in [3.63, 3.8) is 0 Å². The van der Waals surface area contributed by atoms with E-state index in [9.17, 15) is 9.59 Å². The lowest BCUT2D eigenvalue weighted by molar-refractivity contribution is 0.101. The molecule has 2 amide bonds. The summed E-state index contributed by atoms with van der Waals surface area (Å²) in [6, 6.07) is 21.2. The number of carbonyl (C=O) groups excluding carboxylic acids is 2. The molecule has 1 aliphatic rings. The van der Waals surface area contributed by atoms with Gasteiger partial charge in [0, 0.05) is 39.3 Å². The average Bonchev–Trinajstić information content (AvgIpc) is 2.90. The van der Waals surface area contributed by atoms with Crippen molar-refractivity contribution in [3.8, 4) is 5.75 Å². The van der Waals surface area contributed by atoms with Crippen LogP contribution in [0.2, 0.25) is 0 Å². The predicted octanol–water partition coefficient (Wildman–Crippen LogP) is 4.76. The highest BCUT2D eigenvalue weighted by Crippen LogP contribution is 2.23. The number of pyridine rings is 1. The normalized spacial score (nSPS) is 13.8. The molecule has 0 spiro atoms. The van der Waals surface area contributed by atoms with Crippen LogP contribution < -0.4 is 26.4 Å². The summed E-state index contributed by atoms with van der Waals surface area (Å²) in [7, 11) is 0. The summed E-state index contributed by atoms with van der Waals surface area (Å²) >= 11 is 0. The van der Waals surface area contributed by atoms with Gasteiger partial charge in [-0.15, -0.1) is 0 Å². The number of fused-ring (bicyclic) bond motifs is 1. The molecule has 1 saturated heterocycles. The Labute approximate surface area is 215 Å². The number of amides is 2. The number of hydrogen-bond acceptors (Lipinski definition) is 6. The zero-order valence-electron chi connectivity index (χ0n) is 20.6. The molecule has 0 radical (unpaired) electrons. The summed E-state index contributed by atoms with van der Waals surface area (Å²) in [6.45, 7) is 3.80. The molecular formula is C29H29N5O3. The van der Waals surface area contributed by atoms with Crippen LogP contribution in [-0.4, -0.2) is 36.0 Å². The maximum absolute atomic E-state index is 12.8. The van der Waals surface area contributed by atoms with Crippen molar-refractivity contribution in [1.29, 1.82) is 0 Å². The van der Waals surface area contributed by atoms with E-state index in [1.54, 1.807) is 60.7 Å². The van der Waals surface area contributed by atoms with Crippen molar-refractivity contribution in [2.45, 2.75) is 25.9 Å². The van der Waals surface area contributed by atoms with Crippen LogP contribution in [0.4, 0.5) is 17.1 Å². The lowest BCUT2D eigenvalue weighted by Crippen LogP contribution is -2.34. The largest absolute Gasteiger partial charge is 0.490 e. The topological polar surface area (TPSA) is 118 Å². The van der Waals surface area contributed by atoms with Crippen molar-refractivity contribution >= 4 is 39.8 Å². The second-order valence-corrected chi connectivity index (χ2v) is 9.16. The molecule has 37 heavy (non-hydrogen) atoms. The first-order valence-corrected chi connectivity index (χ1v) is 12.3. The molecule has 4 aromatic rings. The van der Waals surface area contributed by atoms with Crippen LogP contribution in [0.5, 0.6) is 5.75 Å². The van der Waals surface area contributed by atoms with Crippen LogP contribution in [0, 0.1) is 6.92 Å². The van der Waals surface area contributed by atoms with Gasteiger partial charge in [0.1, 0.15) is 11.9 Å². The lowest BCUT2D eigenvalue weighted by atomic mass is 10.1. The second-order valence-electron chi connectivity index (χ2n) is 9.16. The number of hydrogen-bond donors (Lipinski definition) is 4. The number of ether oxygens (including phenoxy) is 1. The number of benzene rings is 3. The maximum atomic E-state index is 12.8. The Bertz CT molecular complexity index is 1430. The second kappa shape index (κ2) is 10.7. The van der Waals surface area contributed by atoms with E-state index < -0.39 is 0 Å². The minimum Gasteiger partial charge on any atom is -0.490 e. The van der Waals surface area contributed by atoms with Crippen molar-refractivity contribution in [3.05, 3.63) is 89.6 Å². The molecule has 188 valence electrons. The monoisotopic (exact) mass is 495 g/mol. The van der Waals surface area contributed by atoms with E-state index in [-0.39, 0.29) is 17.9 Å². The van der Waals surface area contributed by atoms with Gasteiger partial charge in [-0.3, -0.25) is 14.6 Å². The van der Waals surface area contributed by atoms with Gasteiger partial charge in [-0.1, -0.05) is 0 Å². The fraction of sp³-hybridized carbons (Fsp3) is 0.207. The number of rotatable bonds is 6. The molecule has 8 heteroatoms. The van der Waals surface area contributed by atoms with E-state index in [0.29, 0.717) is 28.2 Å². The van der Waals surface area contributed by atoms with E-state index >= 15 is 0 Å². The van der Waals surface area contributed by atoms with E-state index in [1.807, 2.05) is 19.1 Å². The number of nitrogens with one attached hydrogen (secondary N) is 3. The van der Waals surface area contributed by atoms with Crippen molar-refractivity contribution in [2.24, 2.45) is 0 Å². The maximum Gasteiger partial charge on any atom is 0.255 e. The number of aryl methyl sites for hydroxylation is 1. The third-order valence-electron chi connectivity index (χ3n) is 6.34. The van der Waals surface area contributed by atoms with E-state index in [2.05, 4.69) is 20.9 Å². The summed E-state index contributed by atoms with van der Waals surface area (Å²) in [4.78, 5) is 29.9. The molecule has 0 unspecified atom stereocenters. The fourth-order valence-corrected chi connectivity index (χ4v) is 4.37. The fourth-order valence-electron chi connectivity index (χ4n) is 4.37.